The molecule has 1 atom stereocenters. The maximum absolute atomic E-state index is 5.83. The van der Waals surface area contributed by atoms with Crippen LogP contribution in [0.1, 0.15) is 24.8 Å². The number of furan rings is 1. The van der Waals surface area contributed by atoms with Crippen molar-refractivity contribution in [1.29, 1.82) is 0 Å². The van der Waals surface area contributed by atoms with Crippen molar-refractivity contribution in [2.75, 3.05) is 6.61 Å². The van der Waals surface area contributed by atoms with Crippen LogP contribution in [0.25, 0.3) is 22.1 Å². The number of hydrogen-bond donors (Lipinski definition) is 0. The summed E-state index contributed by atoms with van der Waals surface area (Å²) in [7, 11) is 0. The van der Waals surface area contributed by atoms with Gasteiger partial charge in [-0.1, -0.05) is 30.3 Å². The summed E-state index contributed by atoms with van der Waals surface area (Å²) < 4.78 is 16.8. The molecule has 1 unspecified atom stereocenters. The number of hydrogen-bond acceptors (Lipinski definition) is 3. The molecule has 0 radical (unpaired) electrons. The van der Waals surface area contributed by atoms with Gasteiger partial charge in [-0.3, -0.25) is 0 Å². The van der Waals surface area contributed by atoms with E-state index < -0.39 is 0 Å². The van der Waals surface area contributed by atoms with E-state index in [0.717, 1.165) is 30.4 Å². The monoisotopic (exact) mass is 308 g/mol. The van der Waals surface area contributed by atoms with Crippen LogP contribution >= 0.6 is 0 Å². The molecular weight excluding hydrogens is 288 g/mol. The van der Waals surface area contributed by atoms with Crippen LogP contribution < -0.4 is 0 Å². The van der Waals surface area contributed by atoms with E-state index in [0.29, 0.717) is 6.61 Å². The standard InChI is InChI=1S/C20H20O3/c1-2-11-22-20(3-1)23-14-15-4-6-16(7-5-15)17-8-9-19-18(13-17)10-12-21-19/h4-10,12-13,20H,1-3,11,14H2. The van der Waals surface area contributed by atoms with Gasteiger partial charge in [0.1, 0.15) is 5.58 Å². The molecule has 118 valence electrons. The smallest absolute Gasteiger partial charge is 0.158 e. The summed E-state index contributed by atoms with van der Waals surface area (Å²) in [6.07, 6.45) is 5.03. The lowest BCUT2D eigenvalue weighted by Crippen LogP contribution is -2.21. The molecule has 0 bridgehead atoms. The quantitative estimate of drug-likeness (QED) is 0.668. The topological polar surface area (TPSA) is 31.6 Å². The highest BCUT2D eigenvalue weighted by atomic mass is 16.7. The molecule has 1 aromatic heterocycles. The van der Waals surface area contributed by atoms with E-state index in [1.807, 2.05) is 12.1 Å². The van der Waals surface area contributed by atoms with Crippen molar-refractivity contribution in [3.63, 3.8) is 0 Å². The minimum Gasteiger partial charge on any atom is -0.464 e. The first-order chi connectivity index (χ1) is 11.4. The van der Waals surface area contributed by atoms with Crippen LogP contribution in [0.5, 0.6) is 0 Å². The molecule has 0 spiro atoms. The fourth-order valence-corrected chi connectivity index (χ4v) is 2.97. The predicted molar refractivity (Wildman–Crippen MR) is 90.0 cm³/mol. The second kappa shape index (κ2) is 6.57. The molecule has 23 heavy (non-hydrogen) atoms. The Labute approximate surface area is 135 Å². The maximum Gasteiger partial charge on any atom is 0.158 e. The molecule has 4 rings (SSSR count). The van der Waals surface area contributed by atoms with Crippen LogP contribution in [0, 0.1) is 0 Å². The molecule has 0 N–H and O–H groups in total. The Balaban J connectivity index is 1.44. The summed E-state index contributed by atoms with van der Waals surface area (Å²) in [5.74, 6) is 0. The van der Waals surface area contributed by atoms with Gasteiger partial charge < -0.3 is 13.9 Å². The Morgan fingerprint density at radius 3 is 2.65 bits per heavy atom. The van der Waals surface area contributed by atoms with Crippen LogP contribution in [0.3, 0.4) is 0 Å². The third-order valence-corrected chi connectivity index (χ3v) is 4.31. The highest BCUT2D eigenvalue weighted by molar-refractivity contribution is 5.83. The van der Waals surface area contributed by atoms with Gasteiger partial charge in [-0.25, -0.2) is 0 Å². The fourth-order valence-electron chi connectivity index (χ4n) is 2.97. The van der Waals surface area contributed by atoms with Gasteiger partial charge in [-0.05, 0) is 54.2 Å². The Hall–Kier alpha value is -2.10. The lowest BCUT2D eigenvalue weighted by molar-refractivity contribution is -0.168. The van der Waals surface area contributed by atoms with E-state index >= 15 is 0 Å². The second-order valence-electron chi connectivity index (χ2n) is 5.98. The Kier molecular flexibility index (Phi) is 4.14. The Bertz CT molecular complexity index is 767. The van der Waals surface area contributed by atoms with Crippen LogP contribution in [0.2, 0.25) is 0 Å². The predicted octanol–water partition coefficient (Wildman–Crippen LogP) is 5.14. The van der Waals surface area contributed by atoms with E-state index in [9.17, 15) is 0 Å². The molecule has 1 aliphatic heterocycles. The van der Waals surface area contributed by atoms with Crippen molar-refractivity contribution < 1.29 is 13.9 Å². The summed E-state index contributed by atoms with van der Waals surface area (Å²) in [4.78, 5) is 0. The van der Waals surface area contributed by atoms with E-state index in [4.69, 9.17) is 13.9 Å². The zero-order chi connectivity index (χ0) is 15.5. The average Bonchev–Trinajstić information content (AvgIpc) is 3.09. The zero-order valence-corrected chi connectivity index (χ0v) is 13.0. The number of rotatable bonds is 4. The van der Waals surface area contributed by atoms with Gasteiger partial charge in [0.15, 0.2) is 6.29 Å². The number of ether oxygens (including phenoxy) is 2. The summed E-state index contributed by atoms with van der Waals surface area (Å²) in [6.45, 7) is 1.42. The molecule has 0 amide bonds. The van der Waals surface area contributed by atoms with E-state index in [1.165, 1.54) is 23.1 Å². The highest BCUT2D eigenvalue weighted by Gasteiger charge is 2.13. The number of benzene rings is 2. The third kappa shape index (κ3) is 3.31. The van der Waals surface area contributed by atoms with Crippen molar-refractivity contribution >= 4 is 11.0 Å². The molecular formula is C20H20O3. The lowest BCUT2D eigenvalue weighted by Gasteiger charge is -2.22. The van der Waals surface area contributed by atoms with Crippen molar-refractivity contribution in [1.82, 2.24) is 0 Å². The first-order valence-corrected chi connectivity index (χ1v) is 8.18. The molecule has 3 nitrogen and oxygen atoms in total. The largest absolute Gasteiger partial charge is 0.464 e. The summed E-state index contributed by atoms with van der Waals surface area (Å²) in [5, 5.41) is 1.13. The van der Waals surface area contributed by atoms with Crippen LogP contribution in [0.15, 0.2) is 59.2 Å². The molecule has 1 aliphatic rings. The van der Waals surface area contributed by atoms with Crippen molar-refractivity contribution in [2.45, 2.75) is 32.2 Å². The fraction of sp³-hybridized carbons (Fsp3) is 0.300. The number of fused-ring (bicyclic) bond motifs is 1. The van der Waals surface area contributed by atoms with Gasteiger partial charge in [0.2, 0.25) is 0 Å². The SMILES string of the molecule is c1cc2cc(-c3ccc(COC4CCCCO4)cc3)ccc2o1. The Morgan fingerprint density at radius 1 is 0.957 bits per heavy atom. The third-order valence-electron chi connectivity index (χ3n) is 4.31. The van der Waals surface area contributed by atoms with Crippen molar-refractivity contribution in [3.05, 3.63) is 60.4 Å². The lowest BCUT2D eigenvalue weighted by atomic mass is 10.0. The van der Waals surface area contributed by atoms with Gasteiger partial charge in [0.05, 0.1) is 12.9 Å². The molecule has 1 saturated heterocycles. The van der Waals surface area contributed by atoms with Crippen LogP contribution in [-0.2, 0) is 16.1 Å². The molecule has 2 heterocycles. The average molecular weight is 308 g/mol. The molecule has 3 heteroatoms. The molecule has 0 aliphatic carbocycles. The summed E-state index contributed by atoms with van der Waals surface area (Å²) in [5.41, 5.74) is 4.49. The first kappa shape index (κ1) is 14.5. The summed E-state index contributed by atoms with van der Waals surface area (Å²) in [6, 6.07) is 16.8. The van der Waals surface area contributed by atoms with Gasteiger partial charge in [0, 0.05) is 12.0 Å². The first-order valence-electron chi connectivity index (χ1n) is 8.18. The molecule has 3 aromatic rings. The Morgan fingerprint density at radius 2 is 1.83 bits per heavy atom. The normalized spacial score (nSPS) is 18.3. The van der Waals surface area contributed by atoms with Crippen LogP contribution in [0.4, 0.5) is 0 Å². The van der Waals surface area contributed by atoms with Gasteiger partial charge in [-0.2, -0.15) is 0 Å². The molecule has 2 aromatic carbocycles. The van der Waals surface area contributed by atoms with Gasteiger partial charge >= 0.3 is 0 Å². The van der Waals surface area contributed by atoms with Crippen molar-refractivity contribution in [3.8, 4) is 11.1 Å². The minimum absolute atomic E-state index is 0.0353. The van der Waals surface area contributed by atoms with Crippen molar-refractivity contribution in [2.24, 2.45) is 0 Å². The highest BCUT2D eigenvalue weighted by Crippen LogP contribution is 2.25. The van der Waals surface area contributed by atoms with Gasteiger partial charge in [-0.15, -0.1) is 0 Å². The molecule has 1 fully saturated rings. The van der Waals surface area contributed by atoms with Gasteiger partial charge in [0.25, 0.3) is 0 Å². The van der Waals surface area contributed by atoms with Crippen LogP contribution in [-0.4, -0.2) is 12.9 Å². The van der Waals surface area contributed by atoms with E-state index in [-0.39, 0.29) is 6.29 Å². The zero-order valence-electron chi connectivity index (χ0n) is 13.0. The second-order valence-corrected chi connectivity index (χ2v) is 5.98. The maximum atomic E-state index is 5.83. The minimum atomic E-state index is -0.0353. The van der Waals surface area contributed by atoms with E-state index in [1.54, 1.807) is 6.26 Å². The summed E-state index contributed by atoms with van der Waals surface area (Å²) >= 11 is 0. The molecule has 0 saturated carbocycles. The van der Waals surface area contributed by atoms with E-state index in [2.05, 4.69) is 36.4 Å².